The molecule has 10 heteroatoms. The minimum absolute atomic E-state index is 0.129. The molecule has 0 spiro atoms. The number of carbonyl (C=O) groups excluding carboxylic acids is 3. The van der Waals surface area contributed by atoms with Gasteiger partial charge in [-0.15, -0.1) is 0 Å². The number of ether oxygens (including phenoxy) is 2. The van der Waals surface area contributed by atoms with Crippen molar-refractivity contribution in [1.82, 2.24) is 25.1 Å². The predicted octanol–water partition coefficient (Wildman–Crippen LogP) is 7.39. The Kier molecular flexibility index (Phi) is 9.47. The Morgan fingerprint density at radius 1 is 0.804 bits per heavy atom. The maximum atomic E-state index is 13.1. The average molecular weight is 630 g/mol. The summed E-state index contributed by atoms with van der Waals surface area (Å²) in [6.07, 6.45) is 4.28. The van der Waals surface area contributed by atoms with Gasteiger partial charge in [0, 0.05) is 24.8 Å². The number of likely N-dealkylation sites (tertiary alicyclic amines) is 2. The number of hydrogen-bond acceptors (Lipinski definition) is 6. The molecule has 0 radical (unpaired) electrons. The lowest BCUT2D eigenvalue weighted by Gasteiger charge is -2.28. The van der Waals surface area contributed by atoms with Crippen LogP contribution in [0.15, 0.2) is 54.7 Å². The number of amides is 3. The molecule has 5 rings (SSSR count). The fourth-order valence-electron chi connectivity index (χ4n) is 6.01. The number of hydrogen-bond donors (Lipinski definition) is 2. The van der Waals surface area contributed by atoms with E-state index in [2.05, 4.69) is 22.4 Å². The fraction of sp³-hybridized carbons (Fsp3) is 0.500. The minimum atomic E-state index is -0.610. The summed E-state index contributed by atoms with van der Waals surface area (Å²) in [5.41, 5.74) is 3.75. The topological polar surface area (TPSA) is 117 Å². The molecule has 0 aliphatic carbocycles. The summed E-state index contributed by atoms with van der Waals surface area (Å²) >= 11 is 0. The molecule has 246 valence electrons. The van der Waals surface area contributed by atoms with Crippen LogP contribution < -0.4 is 5.32 Å². The zero-order chi connectivity index (χ0) is 33.2. The molecule has 2 N–H and O–H groups in total. The molecule has 3 amide bonds. The highest BCUT2D eigenvalue weighted by molar-refractivity contribution is 5.86. The summed E-state index contributed by atoms with van der Waals surface area (Å²) in [6, 6.07) is 15.5. The standard InChI is InChI=1S/C36H47N5O5/c1-23(38-32(42)30-11-9-21-41(30)34(44)46-36(5,6)7)24-12-14-25(15-13-24)26-16-18-27(19-17-26)28-22-37-31(39-28)29-10-8-20-40(29)33(43)45-35(2,3)4/h12-19,22-23,29-30H,8-11,20-21H2,1-7H3,(H,37,39)(H,38,42)/t23-,29+,30+/m1/s1. The fourth-order valence-corrected chi connectivity index (χ4v) is 6.01. The average Bonchev–Trinajstić information content (AvgIpc) is 3.76. The van der Waals surface area contributed by atoms with Gasteiger partial charge < -0.3 is 19.8 Å². The summed E-state index contributed by atoms with van der Waals surface area (Å²) in [4.78, 5) is 49.9. The zero-order valence-electron chi connectivity index (χ0n) is 28.1. The van der Waals surface area contributed by atoms with Gasteiger partial charge in [-0.1, -0.05) is 48.5 Å². The number of imidazole rings is 1. The van der Waals surface area contributed by atoms with Gasteiger partial charge >= 0.3 is 12.2 Å². The van der Waals surface area contributed by atoms with Crippen LogP contribution in [0.25, 0.3) is 22.4 Å². The van der Waals surface area contributed by atoms with Gasteiger partial charge in [0.05, 0.1) is 17.8 Å². The molecule has 2 aliphatic rings. The molecular formula is C36H47N5O5. The highest BCUT2D eigenvalue weighted by Gasteiger charge is 2.37. The second-order valence-electron chi connectivity index (χ2n) is 14.3. The SMILES string of the molecule is C[C@@H](NC(=O)[C@@H]1CCCN1C(=O)OC(C)(C)C)c1ccc(-c2ccc(-c3c[nH]c([C@@H]4CCCN4C(=O)OC(C)(C)C)n3)cc2)cc1. The molecule has 10 nitrogen and oxygen atoms in total. The molecule has 1 aromatic heterocycles. The van der Waals surface area contributed by atoms with E-state index in [0.717, 1.165) is 53.0 Å². The van der Waals surface area contributed by atoms with Gasteiger partial charge in [0.2, 0.25) is 5.91 Å². The Morgan fingerprint density at radius 2 is 1.33 bits per heavy atom. The maximum Gasteiger partial charge on any atom is 0.410 e. The van der Waals surface area contributed by atoms with Gasteiger partial charge in [-0.25, -0.2) is 14.6 Å². The molecule has 0 bridgehead atoms. The molecule has 0 unspecified atom stereocenters. The quantitative estimate of drug-likeness (QED) is 0.294. The number of carbonyl (C=O) groups is 3. The van der Waals surface area contributed by atoms with Crippen molar-refractivity contribution >= 4 is 18.1 Å². The lowest BCUT2D eigenvalue weighted by Crippen LogP contribution is -2.48. The molecule has 2 saturated heterocycles. The van der Waals surface area contributed by atoms with Crippen molar-refractivity contribution in [3.63, 3.8) is 0 Å². The Balaban J connectivity index is 1.19. The lowest BCUT2D eigenvalue weighted by atomic mass is 10.00. The normalized spacial score (nSPS) is 19.2. The van der Waals surface area contributed by atoms with Gasteiger partial charge in [-0.3, -0.25) is 14.6 Å². The van der Waals surface area contributed by atoms with E-state index in [1.807, 2.05) is 91.1 Å². The van der Waals surface area contributed by atoms with Gasteiger partial charge in [0.1, 0.15) is 23.1 Å². The summed E-state index contributed by atoms with van der Waals surface area (Å²) in [5.74, 6) is 0.604. The second kappa shape index (κ2) is 13.2. The summed E-state index contributed by atoms with van der Waals surface area (Å²) in [6.45, 7) is 14.2. The van der Waals surface area contributed by atoms with Crippen LogP contribution in [0, 0.1) is 0 Å². The number of aromatic amines is 1. The van der Waals surface area contributed by atoms with E-state index in [0.29, 0.717) is 19.5 Å². The maximum absolute atomic E-state index is 13.1. The van der Waals surface area contributed by atoms with Crippen LogP contribution in [0.4, 0.5) is 9.59 Å². The number of H-pyrrole nitrogens is 1. The number of benzene rings is 2. The van der Waals surface area contributed by atoms with Crippen LogP contribution in [-0.4, -0.2) is 68.2 Å². The van der Waals surface area contributed by atoms with E-state index in [1.54, 1.807) is 4.90 Å². The first-order valence-electron chi connectivity index (χ1n) is 16.2. The molecule has 3 heterocycles. The van der Waals surface area contributed by atoms with Crippen LogP contribution in [0.5, 0.6) is 0 Å². The number of nitrogens with zero attached hydrogens (tertiary/aromatic N) is 3. The van der Waals surface area contributed by atoms with Gasteiger partial charge in [0.15, 0.2) is 0 Å². The van der Waals surface area contributed by atoms with Crippen LogP contribution in [-0.2, 0) is 14.3 Å². The molecule has 2 aliphatic heterocycles. The van der Waals surface area contributed by atoms with Crippen LogP contribution in [0.2, 0.25) is 0 Å². The van der Waals surface area contributed by atoms with Crippen LogP contribution in [0.3, 0.4) is 0 Å². The zero-order valence-corrected chi connectivity index (χ0v) is 28.1. The van der Waals surface area contributed by atoms with E-state index in [4.69, 9.17) is 14.5 Å². The third-order valence-electron chi connectivity index (χ3n) is 8.26. The first-order valence-corrected chi connectivity index (χ1v) is 16.2. The molecule has 46 heavy (non-hydrogen) atoms. The Morgan fingerprint density at radius 3 is 1.93 bits per heavy atom. The summed E-state index contributed by atoms with van der Waals surface area (Å²) < 4.78 is 11.1. The van der Waals surface area contributed by atoms with E-state index < -0.39 is 23.3 Å². The van der Waals surface area contributed by atoms with Gasteiger partial charge in [0.25, 0.3) is 0 Å². The third kappa shape index (κ3) is 7.89. The van der Waals surface area contributed by atoms with Crippen LogP contribution >= 0.6 is 0 Å². The predicted molar refractivity (Wildman–Crippen MR) is 177 cm³/mol. The smallest absolute Gasteiger partial charge is 0.410 e. The third-order valence-corrected chi connectivity index (χ3v) is 8.26. The molecule has 3 atom stereocenters. The summed E-state index contributed by atoms with van der Waals surface area (Å²) in [5, 5.41) is 3.08. The lowest BCUT2D eigenvalue weighted by molar-refractivity contribution is -0.126. The summed E-state index contributed by atoms with van der Waals surface area (Å²) in [7, 11) is 0. The molecule has 2 fully saturated rings. The van der Waals surface area contributed by atoms with Crippen molar-refractivity contribution in [3.05, 3.63) is 66.1 Å². The monoisotopic (exact) mass is 629 g/mol. The molecular weight excluding hydrogens is 582 g/mol. The molecule has 2 aromatic carbocycles. The van der Waals surface area contributed by atoms with E-state index in [-0.39, 0.29) is 24.1 Å². The largest absolute Gasteiger partial charge is 0.444 e. The van der Waals surface area contributed by atoms with Crippen LogP contribution in [0.1, 0.15) is 97.6 Å². The van der Waals surface area contributed by atoms with Crippen molar-refractivity contribution in [2.24, 2.45) is 0 Å². The van der Waals surface area contributed by atoms with Crippen molar-refractivity contribution in [3.8, 4) is 22.4 Å². The molecule has 0 saturated carbocycles. The van der Waals surface area contributed by atoms with Crippen molar-refractivity contribution in [1.29, 1.82) is 0 Å². The highest BCUT2D eigenvalue weighted by atomic mass is 16.6. The van der Waals surface area contributed by atoms with E-state index >= 15 is 0 Å². The Hall–Kier alpha value is -4.34. The number of aromatic nitrogens is 2. The first kappa shape index (κ1) is 33.0. The number of nitrogens with one attached hydrogen (secondary N) is 2. The van der Waals surface area contributed by atoms with Gasteiger partial charge in [-0.2, -0.15) is 0 Å². The number of rotatable bonds is 6. The Bertz CT molecular complexity index is 1530. The Labute approximate surface area is 271 Å². The van der Waals surface area contributed by atoms with E-state index in [1.165, 1.54) is 4.90 Å². The van der Waals surface area contributed by atoms with Crippen molar-refractivity contribution in [2.75, 3.05) is 13.1 Å². The minimum Gasteiger partial charge on any atom is -0.444 e. The van der Waals surface area contributed by atoms with Gasteiger partial charge in [-0.05, 0) is 90.8 Å². The van der Waals surface area contributed by atoms with Crippen molar-refractivity contribution in [2.45, 2.75) is 103 Å². The first-order chi connectivity index (χ1) is 21.7. The van der Waals surface area contributed by atoms with E-state index in [9.17, 15) is 14.4 Å². The van der Waals surface area contributed by atoms with Crippen molar-refractivity contribution < 1.29 is 23.9 Å². The second-order valence-corrected chi connectivity index (χ2v) is 14.3. The molecule has 3 aromatic rings. The highest BCUT2D eigenvalue weighted by Crippen LogP contribution is 2.33.